The van der Waals surface area contributed by atoms with Crippen molar-refractivity contribution in [2.24, 2.45) is 0 Å². The number of rotatable bonds is 1. The maximum Gasteiger partial charge on any atom is 0.189 e. The van der Waals surface area contributed by atoms with Gasteiger partial charge in [-0.1, -0.05) is 24.3 Å². The van der Waals surface area contributed by atoms with Crippen LogP contribution in [0.5, 0.6) is 0 Å². The summed E-state index contributed by atoms with van der Waals surface area (Å²) in [5, 5.41) is 0. The zero-order valence-corrected chi connectivity index (χ0v) is 8.23. The second kappa shape index (κ2) is 3.58. The van der Waals surface area contributed by atoms with E-state index in [1.165, 1.54) is 5.56 Å². The van der Waals surface area contributed by atoms with Crippen LogP contribution in [0.4, 0.5) is 0 Å². The van der Waals surface area contributed by atoms with Crippen LogP contribution in [0.2, 0.25) is 0 Å². The highest BCUT2D eigenvalue weighted by Crippen LogP contribution is 2.16. The molecule has 1 heterocycles. The van der Waals surface area contributed by atoms with Crippen LogP contribution in [-0.2, 0) is 0 Å². The summed E-state index contributed by atoms with van der Waals surface area (Å²) < 4.78 is 0. The highest BCUT2D eigenvalue weighted by atomic mass is 15.0. The molecule has 0 fully saturated rings. The fraction of sp³-hybridized carbons (Fsp3) is 0.100. The third-order valence-electron chi connectivity index (χ3n) is 2.08. The van der Waals surface area contributed by atoms with Crippen LogP contribution in [-0.4, -0.2) is 22.8 Å². The minimum Gasteiger partial charge on any atom is -0.233 e. The molecule has 0 saturated carbocycles. The van der Waals surface area contributed by atoms with Gasteiger partial charge in [-0.3, -0.25) is 0 Å². The lowest BCUT2D eigenvalue weighted by Gasteiger charge is -2.03. The molecule has 4 heteroatoms. The Balaban J connectivity index is 2.55. The van der Waals surface area contributed by atoms with E-state index in [0.29, 0.717) is 0 Å². The van der Waals surface area contributed by atoms with Gasteiger partial charge in [0.2, 0.25) is 0 Å². The first kappa shape index (κ1) is 8.87. The summed E-state index contributed by atoms with van der Waals surface area (Å²) in [6.45, 7) is 2.05. The zero-order chi connectivity index (χ0) is 9.97. The first-order chi connectivity index (χ1) is 6.77. The molecule has 3 nitrogen and oxygen atoms in total. The van der Waals surface area contributed by atoms with Gasteiger partial charge in [-0.25, -0.2) is 15.0 Å². The molecule has 14 heavy (non-hydrogen) atoms. The van der Waals surface area contributed by atoms with E-state index in [4.69, 9.17) is 0 Å². The van der Waals surface area contributed by atoms with E-state index in [-0.39, 0.29) is 0 Å². The fourth-order valence-electron chi connectivity index (χ4n) is 1.33. The van der Waals surface area contributed by atoms with Gasteiger partial charge in [-0.05, 0) is 12.5 Å². The summed E-state index contributed by atoms with van der Waals surface area (Å²) in [6.07, 6.45) is 1.55. The molecule has 0 aliphatic heterocycles. The number of hydrogen-bond acceptors (Lipinski definition) is 3. The normalized spacial score (nSPS) is 10.1. The second-order valence-electron chi connectivity index (χ2n) is 3.17. The molecule has 0 aliphatic carbocycles. The highest BCUT2D eigenvalue weighted by Gasteiger charge is 2.03. The van der Waals surface area contributed by atoms with Gasteiger partial charge in [0.25, 0.3) is 0 Å². The maximum atomic E-state index is 4.28. The predicted molar refractivity (Wildman–Crippen MR) is 58.2 cm³/mol. The van der Waals surface area contributed by atoms with Gasteiger partial charge < -0.3 is 0 Å². The minimum atomic E-state index is 0.746. The summed E-state index contributed by atoms with van der Waals surface area (Å²) in [7, 11) is 1.86. The topological polar surface area (TPSA) is 38.7 Å². The Labute approximate surface area is 83.7 Å². The summed E-state index contributed by atoms with van der Waals surface area (Å²) >= 11 is 0. The van der Waals surface area contributed by atoms with Crippen LogP contribution in [0.25, 0.3) is 11.4 Å². The van der Waals surface area contributed by atoms with Gasteiger partial charge in [0.05, 0.1) is 5.72 Å². The molecule has 0 aliphatic rings. The molecule has 0 radical (unpaired) electrons. The van der Waals surface area contributed by atoms with E-state index < -0.39 is 0 Å². The van der Waals surface area contributed by atoms with Crippen molar-refractivity contribution in [3.63, 3.8) is 0 Å². The van der Waals surface area contributed by atoms with E-state index in [2.05, 4.69) is 27.9 Å². The first-order valence-corrected chi connectivity index (χ1v) is 4.49. The number of nitrogens with zero attached hydrogens (tertiary/aromatic N) is 3. The van der Waals surface area contributed by atoms with Crippen molar-refractivity contribution in [3.05, 3.63) is 36.2 Å². The molecule has 0 amide bonds. The quantitative estimate of drug-likeness (QED) is 0.588. The Kier molecular flexibility index (Phi) is 2.27. The lowest BCUT2D eigenvalue weighted by atomic mass is 10.1. The van der Waals surface area contributed by atoms with Gasteiger partial charge in [-0.2, -0.15) is 0 Å². The Morgan fingerprint density at radius 2 is 1.93 bits per heavy atom. The zero-order valence-electron chi connectivity index (χ0n) is 8.23. The van der Waals surface area contributed by atoms with E-state index in [0.717, 1.165) is 17.1 Å². The summed E-state index contributed by atoms with van der Waals surface area (Å²) in [4.78, 5) is 12.4. The average molecular weight is 183 g/mol. The third kappa shape index (κ3) is 1.64. The molecule has 0 unspecified atom stereocenters. The molecule has 0 bridgehead atoms. The molecule has 0 N–H and O–H groups in total. The third-order valence-corrected chi connectivity index (χ3v) is 2.08. The number of benzene rings is 1. The van der Waals surface area contributed by atoms with Gasteiger partial charge >= 0.3 is 0 Å². The Hall–Kier alpha value is -1.71. The lowest BCUT2D eigenvalue weighted by Crippen LogP contribution is -2.14. The molecule has 2 aromatic rings. The van der Waals surface area contributed by atoms with E-state index in [1.54, 1.807) is 6.33 Å². The molecule has 2 rings (SSSR count). The first-order valence-electron chi connectivity index (χ1n) is 4.49. The van der Waals surface area contributed by atoms with Crippen molar-refractivity contribution < 1.29 is 0 Å². The summed E-state index contributed by atoms with van der Waals surface area (Å²) in [5.74, 6) is 0.746. The van der Waals surface area contributed by atoms with Gasteiger partial charge in [0.15, 0.2) is 13.7 Å². The molecule has 0 spiro atoms. The second-order valence-corrected chi connectivity index (χ2v) is 3.17. The van der Waals surface area contributed by atoms with E-state index in [1.807, 2.05) is 26.0 Å². The van der Waals surface area contributed by atoms with Crippen LogP contribution in [0.3, 0.4) is 0 Å². The van der Waals surface area contributed by atoms with Gasteiger partial charge in [0.1, 0.15) is 6.33 Å². The van der Waals surface area contributed by atoms with Crippen LogP contribution in [0, 0.1) is 6.92 Å². The highest BCUT2D eigenvalue weighted by molar-refractivity contribution is 6.29. The Morgan fingerprint density at radius 1 is 1.14 bits per heavy atom. The number of aromatic nitrogens is 3. The predicted octanol–water partition coefficient (Wildman–Crippen LogP) is 0.105. The number of hydrogen-bond donors (Lipinski definition) is 0. The largest absolute Gasteiger partial charge is 0.233 e. The maximum absolute atomic E-state index is 4.28. The molecule has 0 saturated heterocycles. The fourth-order valence-corrected chi connectivity index (χ4v) is 1.33. The van der Waals surface area contributed by atoms with Crippen molar-refractivity contribution in [2.75, 3.05) is 0 Å². The van der Waals surface area contributed by atoms with Gasteiger partial charge in [-0.15, -0.1) is 0 Å². The Morgan fingerprint density at radius 3 is 2.64 bits per heavy atom. The van der Waals surface area contributed by atoms with E-state index >= 15 is 0 Å². The van der Waals surface area contributed by atoms with Crippen molar-refractivity contribution in [1.82, 2.24) is 15.0 Å². The molecule has 1 aromatic carbocycles. The average Bonchev–Trinajstić information content (AvgIpc) is 2.18. The molecule has 1 aromatic heterocycles. The van der Waals surface area contributed by atoms with E-state index in [9.17, 15) is 0 Å². The smallest absolute Gasteiger partial charge is 0.189 e. The van der Waals surface area contributed by atoms with Crippen LogP contribution >= 0.6 is 0 Å². The van der Waals surface area contributed by atoms with Crippen molar-refractivity contribution >= 4 is 13.6 Å². The summed E-state index contributed by atoms with van der Waals surface area (Å²) in [6, 6.07) is 8.06. The molecule has 68 valence electrons. The van der Waals surface area contributed by atoms with Crippen LogP contribution < -0.4 is 5.72 Å². The molecular weight excluding hydrogens is 173 g/mol. The summed E-state index contributed by atoms with van der Waals surface area (Å²) in [5.41, 5.74) is 2.99. The van der Waals surface area contributed by atoms with Crippen molar-refractivity contribution in [3.8, 4) is 11.4 Å². The molecule has 0 atom stereocenters. The minimum absolute atomic E-state index is 0.746. The standard InChI is InChI=1S/C10H10BN3/c1-7-4-2-3-5-8(7)9-12-6-13-10(11)14-9/h2-6H,11H2,1H3. The molecular formula is C10H10BN3. The van der Waals surface area contributed by atoms with Crippen molar-refractivity contribution in [1.29, 1.82) is 0 Å². The number of aryl methyl sites for hydroxylation is 1. The lowest BCUT2D eigenvalue weighted by molar-refractivity contribution is 1.09. The van der Waals surface area contributed by atoms with Crippen LogP contribution in [0.1, 0.15) is 5.56 Å². The monoisotopic (exact) mass is 183 g/mol. The van der Waals surface area contributed by atoms with Crippen LogP contribution in [0.15, 0.2) is 30.6 Å². The Bertz CT molecular complexity index is 457. The van der Waals surface area contributed by atoms with Crippen molar-refractivity contribution in [2.45, 2.75) is 6.92 Å². The van der Waals surface area contributed by atoms with Gasteiger partial charge in [0, 0.05) is 5.56 Å². The SMILES string of the molecule is Bc1ncnc(-c2ccccc2C)n1.